The lowest BCUT2D eigenvalue weighted by Crippen LogP contribution is -2.25. The number of aryl methyl sites for hydroxylation is 1. The first-order valence-corrected chi connectivity index (χ1v) is 11.9. The summed E-state index contributed by atoms with van der Waals surface area (Å²) >= 11 is 0. The number of alkyl halides is 3. The van der Waals surface area contributed by atoms with Crippen LogP contribution in [0.2, 0.25) is 0 Å². The second-order valence-electron chi connectivity index (χ2n) is 9.40. The third-order valence-corrected chi connectivity index (χ3v) is 7.24. The first kappa shape index (κ1) is 23.2. The second-order valence-corrected chi connectivity index (χ2v) is 9.40. The molecule has 1 nitrogen and oxygen atoms in total. The molecule has 0 amide bonds. The Bertz CT molecular complexity index is 633. The molecule has 0 aromatic heterocycles. The van der Waals surface area contributed by atoms with Crippen molar-refractivity contribution in [2.24, 2.45) is 23.7 Å². The van der Waals surface area contributed by atoms with Gasteiger partial charge in [-0.3, -0.25) is 0 Å². The lowest BCUT2D eigenvalue weighted by molar-refractivity contribution is -0.274. The summed E-state index contributed by atoms with van der Waals surface area (Å²) in [5.41, 5.74) is 1.04. The molecule has 0 spiro atoms. The van der Waals surface area contributed by atoms with Gasteiger partial charge in [0.05, 0.1) is 0 Å². The van der Waals surface area contributed by atoms with E-state index >= 15 is 0 Å². The molecule has 0 heterocycles. The Morgan fingerprint density at radius 2 is 1.50 bits per heavy atom. The number of halogens is 3. The molecule has 168 valence electrons. The zero-order chi connectivity index (χ0) is 21.4. The van der Waals surface area contributed by atoms with Crippen LogP contribution in [0.3, 0.4) is 0 Å². The van der Waals surface area contributed by atoms with Crippen molar-refractivity contribution in [3.63, 3.8) is 0 Å². The summed E-state index contributed by atoms with van der Waals surface area (Å²) in [7, 11) is 0. The predicted molar refractivity (Wildman–Crippen MR) is 116 cm³/mol. The van der Waals surface area contributed by atoms with Crippen LogP contribution in [0.1, 0.15) is 83.1 Å². The number of hydrogen-bond acceptors (Lipinski definition) is 1. The van der Waals surface area contributed by atoms with E-state index in [2.05, 4.69) is 23.8 Å². The van der Waals surface area contributed by atoms with Crippen LogP contribution in [0.5, 0.6) is 5.75 Å². The minimum Gasteiger partial charge on any atom is -0.406 e. The van der Waals surface area contributed by atoms with Crippen molar-refractivity contribution in [2.75, 3.05) is 0 Å². The number of ether oxygens (including phenoxy) is 1. The average molecular weight is 423 g/mol. The van der Waals surface area contributed by atoms with Crippen LogP contribution < -0.4 is 4.74 Å². The topological polar surface area (TPSA) is 9.23 Å². The fourth-order valence-corrected chi connectivity index (χ4v) is 5.56. The molecule has 0 N–H and O–H groups in total. The summed E-state index contributed by atoms with van der Waals surface area (Å²) in [5.74, 6) is 3.48. The summed E-state index contributed by atoms with van der Waals surface area (Å²) < 4.78 is 40.5. The van der Waals surface area contributed by atoms with Gasteiger partial charge in [0, 0.05) is 0 Å². The summed E-state index contributed by atoms with van der Waals surface area (Å²) in [6.07, 6.45) is 15.8. The van der Waals surface area contributed by atoms with Gasteiger partial charge in [-0.25, -0.2) is 0 Å². The van der Waals surface area contributed by atoms with E-state index in [1.807, 2.05) is 0 Å². The highest BCUT2D eigenvalue weighted by atomic mass is 19.4. The normalized spacial score (nSPS) is 28.0. The molecular weight excluding hydrogens is 385 g/mol. The highest BCUT2D eigenvalue weighted by molar-refractivity contribution is 5.27. The molecule has 0 bridgehead atoms. The minimum absolute atomic E-state index is 0.155. The van der Waals surface area contributed by atoms with Crippen molar-refractivity contribution in [3.8, 4) is 5.75 Å². The fraction of sp³-hybridized carbons (Fsp3) is 0.692. The Kier molecular flexibility index (Phi) is 8.71. The van der Waals surface area contributed by atoms with Crippen LogP contribution in [0, 0.1) is 23.7 Å². The van der Waals surface area contributed by atoms with Crippen LogP contribution >= 0.6 is 0 Å². The Balaban J connectivity index is 1.32. The smallest absolute Gasteiger partial charge is 0.406 e. The van der Waals surface area contributed by atoms with Crippen molar-refractivity contribution in [1.82, 2.24) is 0 Å². The molecule has 2 aliphatic rings. The molecule has 1 aromatic rings. The van der Waals surface area contributed by atoms with Crippen LogP contribution in [-0.2, 0) is 6.42 Å². The number of rotatable bonds is 8. The largest absolute Gasteiger partial charge is 0.573 e. The first-order valence-electron chi connectivity index (χ1n) is 11.9. The highest BCUT2D eigenvalue weighted by Crippen LogP contribution is 2.42. The maximum Gasteiger partial charge on any atom is 0.573 e. The molecule has 4 heteroatoms. The first-order chi connectivity index (χ1) is 14.4. The standard InChI is InChI=1S/C26H37F3O/c1-2-5-20-8-14-23(15-9-20)24-16-10-21(11-17-24)6-3-4-7-22-12-18-25(19-13-22)30-26(27,28)29/h3,6,12-13,18-21,23-24H,2,4-5,7-11,14-17H2,1H3. The van der Waals surface area contributed by atoms with Crippen molar-refractivity contribution >= 4 is 0 Å². The quantitative estimate of drug-likeness (QED) is 0.382. The van der Waals surface area contributed by atoms with Crippen molar-refractivity contribution < 1.29 is 17.9 Å². The van der Waals surface area contributed by atoms with E-state index in [1.165, 1.54) is 76.3 Å². The minimum atomic E-state index is -4.63. The Morgan fingerprint density at radius 1 is 0.900 bits per heavy atom. The van der Waals surface area contributed by atoms with E-state index in [-0.39, 0.29) is 5.75 Å². The molecule has 0 radical (unpaired) electrons. The molecule has 0 atom stereocenters. The number of allylic oxidation sites excluding steroid dienone is 2. The summed E-state index contributed by atoms with van der Waals surface area (Å²) in [5, 5.41) is 0. The molecule has 3 rings (SSSR count). The second kappa shape index (κ2) is 11.2. The van der Waals surface area contributed by atoms with Gasteiger partial charge < -0.3 is 4.74 Å². The molecule has 0 unspecified atom stereocenters. The number of benzene rings is 1. The monoisotopic (exact) mass is 422 g/mol. The van der Waals surface area contributed by atoms with Crippen LogP contribution in [-0.4, -0.2) is 6.36 Å². The van der Waals surface area contributed by atoms with E-state index in [0.717, 1.165) is 36.2 Å². The molecule has 0 aliphatic heterocycles. The maximum absolute atomic E-state index is 12.2. The van der Waals surface area contributed by atoms with E-state index in [9.17, 15) is 13.2 Å². The molecule has 2 aliphatic carbocycles. The van der Waals surface area contributed by atoms with Crippen LogP contribution in [0.15, 0.2) is 36.4 Å². The molecule has 2 saturated carbocycles. The van der Waals surface area contributed by atoms with E-state index in [4.69, 9.17) is 0 Å². The van der Waals surface area contributed by atoms with E-state index in [0.29, 0.717) is 5.92 Å². The summed E-state index contributed by atoms with van der Waals surface area (Å²) in [6.45, 7) is 2.31. The van der Waals surface area contributed by atoms with Gasteiger partial charge in [-0.05, 0) is 92.7 Å². The van der Waals surface area contributed by atoms with Crippen LogP contribution in [0.25, 0.3) is 0 Å². The fourth-order valence-electron chi connectivity index (χ4n) is 5.56. The van der Waals surface area contributed by atoms with Gasteiger partial charge in [0.25, 0.3) is 0 Å². The third-order valence-electron chi connectivity index (χ3n) is 7.24. The van der Waals surface area contributed by atoms with E-state index < -0.39 is 6.36 Å². The van der Waals surface area contributed by atoms with Gasteiger partial charge in [-0.1, -0.05) is 56.9 Å². The van der Waals surface area contributed by atoms with Gasteiger partial charge in [-0.2, -0.15) is 0 Å². The molecule has 1 aromatic carbocycles. The van der Waals surface area contributed by atoms with Gasteiger partial charge in [0.2, 0.25) is 0 Å². The van der Waals surface area contributed by atoms with Gasteiger partial charge in [-0.15, -0.1) is 13.2 Å². The van der Waals surface area contributed by atoms with Gasteiger partial charge >= 0.3 is 6.36 Å². The summed E-state index contributed by atoms with van der Waals surface area (Å²) in [6, 6.07) is 6.22. The van der Waals surface area contributed by atoms with Crippen molar-refractivity contribution in [3.05, 3.63) is 42.0 Å². The van der Waals surface area contributed by atoms with Crippen molar-refractivity contribution in [2.45, 2.75) is 90.3 Å². The predicted octanol–water partition coefficient (Wildman–Crippen LogP) is 8.49. The zero-order valence-corrected chi connectivity index (χ0v) is 18.3. The average Bonchev–Trinajstić information content (AvgIpc) is 2.73. The highest BCUT2D eigenvalue weighted by Gasteiger charge is 2.31. The molecule has 0 saturated heterocycles. The zero-order valence-electron chi connectivity index (χ0n) is 18.3. The Morgan fingerprint density at radius 3 is 2.07 bits per heavy atom. The Hall–Kier alpha value is -1.45. The van der Waals surface area contributed by atoms with E-state index in [1.54, 1.807) is 12.1 Å². The van der Waals surface area contributed by atoms with Crippen LogP contribution in [0.4, 0.5) is 13.2 Å². The summed E-state index contributed by atoms with van der Waals surface area (Å²) in [4.78, 5) is 0. The Labute approximate surface area is 180 Å². The molecular formula is C26H37F3O. The molecule has 2 fully saturated rings. The number of hydrogen-bond donors (Lipinski definition) is 0. The lowest BCUT2D eigenvalue weighted by Gasteiger charge is -2.37. The van der Waals surface area contributed by atoms with Crippen molar-refractivity contribution in [1.29, 1.82) is 0 Å². The van der Waals surface area contributed by atoms with Gasteiger partial charge in [0.15, 0.2) is 0 Å². The lowest BCUT2D eigenvalue weighted by atomic mass is 9.68. The third kappa shape index (κ3) is 7.67. The molecule has 30 heavy (non-hydrogen) atoms. The van der Waals surface area contributed by atoms with Gasteiger partial charge in [0.1, 0.15) is 5.75 Å². The maximum atomic E-state index is 12.2. The SMILES string of the molecule is CCCC1CCC(C2CCC(C=CCCc3ccc(OC(F)(F)F)cc3)CC2)CC1.